The predicted octanol–water partition coefficient (Wildman–Crippen LogP) is 1.81. The summed E-state index contributed by atoms with van der Waals surface area (Å²) in [7, 11) is 0. The molecule has 2 rings (SSSR count). The molecule has 0 bridgehead atoms. The molecular formula is C20H27N3O6. The number of nitrogens with zero attached hydrogens (tertiary/aromatic N) is 1. The Hall–Kier alpha value is -3.07. The largest absolute Gasteiger partial charge is 0.460 e. The van der Waals surface area contributed by atoms with Crippen molar-refractivity contribution in [3.05, 3.63) is 48.2 Å². The topological polar surface area (TPSA) is 132 Å². The van der Waals surface area contributed by atoms with Crippen LogP contribution in [0.2, 0.25) is 0 Å². The van der Waals surface area contributed by atoms with E-state index in [2.05, 4.69) is 17.1 Å². The number of nitrogens with one attached hydrogen (secondary N) is 1. The molecule has 1 aliphatic rings. The summed E-state index contributed by atoms with van der Waals surface area (Å²) in [6, 6.07) is 9.24. The van der Waals surface area contributed by atoms with E-state index in [9.17, 15) is 14.7 Å². The summed E-state index contributed by atoms with van der Waals surface area (Å²) in [5.41, 5.74) is 5.87. The van der Waals surface area contributed by atoms with Crippen LogP contribution in [0.1, 0.15) is 31.7 Å². The lowest BCUT2D eigenvalue weighted by Crippen LogP contribution is -2.56. The molecule has 29 heavy (non-hydrogen) atoms. The van der Waals surface area contributed by atoms with E-state index in [1.165, 1.54) is 0 Å². The van der Waals surface area contributed by atoms with E-state index in [-0.39, 0.29) is 37.3 Å². The Morgan fingerprint density at radius 1 is 1.34 bits per heavy atom. The van der Waals surface area contributed by atoms with Gasteiger partial charge in [0.2, 0.25) is 5.76 Å². The van der Waals surface area contributed by atoms with E-state index in [1.54, 1.807) is 6.92 Å². The quantitative estimate of drug-likeness (QED) is 0.142. The second-order valence-corrected chi connectivity index (χ2v) is 6.77. The molecule has 0 aliphatic heterocycles. The Labute approximate surface area is 169 Å². The van der Waals surface area contributed by atoms with Crippen molar-refractivity contribution in [2.75, 3.05) is 13.2 Å². The molecule has 1 fully saturated rings. The third-order valence-electron chi connectivity index (χ3n) is 4.68. The van der Waals surface area contributed by atoms with Crippen LogP contribution in [0.25, 0.3) is 0 Å². The van der Waals surface area contributed by atoms with Crippen LogP contribution in [0.15, 0.2) is 47.8 Å². The van der Waals surface area contributed by atoms with Gasteiger partial charge >= 0.3 is 12.1 Å². The first-order valence-corrected chi connectivity index (χ1v) is 9.37. The molecule has 0 heterocycles. The zero-order chi connectivity index (χ0) is 21.3. The highest BCUT2D eigenvalue weighted by atomic mass is 16.7. The van der Waals surface area contributed by atoms with Crippen molar-refractivity contribution in [3.8, 4) is 0 Å². The number of hydrogen-bond donors (Lipinski definition) is 3. The maximum atomic E-state index is 12.4. The molecule has 158 valence electrons. The number of nitrogens with two attached hydrogens (primary N) is 1. The van der Waals surface area contributed by atoms with Gasteiger partial charge in [0.15, 0.2) is 5.84 Å². The van der Waals surface area contributed by atoms with Crippen LogP contribution < -0.4 is 11.1 Å². The number of amidine groups is 1. The summed E-state index contributed by atoms with van der Waals surface area (Å²) in [5.74, 6) is -1.19. The second kappa shape index (κ2) is 10.5. The molecule has 2 atom stereocenters. The lowest BCUT2D eigenvalue weighted by atomic mass is 9.95. The molecule has 1 aromatic carbocycles. The zero-order valence-electron chi connectivity index (χ0n) is 16.4. The number of esters is 1. The average Bonchev–Trinajstić information content (AvgIpc) is 3.15. The minimum Gasteiger partial charge on any atom is -0.460 e. The summed E-state index contributed by atoms with van der Waals surface area (Å²) in [6.07, 6.45) is 0.747. The maximum Gasteiger partial charge on any atom is 0.408 e. The highest BCUT2D eigenvalue weighted by molar-refractivity contribution is 5.93. The number of hydrogen-bond acceptors (Lipinski definition) is 7. The fraction of sp³-hybridized carbons (Fsp3) is 0.450. The minimum absolute atomic E-state index is 0.0458. The van der Waals surface area contributed by atoms with Crippen molar-refractivity contribution in [1.82, 2.24) is 5.32 Å². The highest BCUT2D eigenvalue weighted by Crippen LogP contribution is 2.35. The number of carbonyl (C=O) groups is 2. The average molecular weight is 405 g/mol. The lowest BCUT2D eigenvalue weighted by molar-refractivity contribution is -0.142. The van der Waals surface area contributed by atoms with Gasteiger partial charge in [-0.2, -0.15) is 0 Å². The molecule has 1 saturated carbocycles. The van der Waals surface area contributed by atoms with Crippen LogP contribution in [0.3, 0.4) is 0 Å². The molecule has 0 saturated heterocycles. The van der Waals surface area contributed by atoms with Gasteiger partial charge < -0.3 is 30.5 Å². The number of aliphatic hydroxyl groups excluding tert-OH is 1. The van der Waals surface area contributed by atoms with E-state index in [0.717, 1.165) is 5.56 Å². The Kier molecular flexibility index (Phi) is 8.02. The third kappa shape index (κ3) is 6.21. The summed E-state index contributed by atoms with van der Waals surface area (Å²) in [6.45, 7) is 5.30. The number of benzene rings is 1. The van der Waals surface area contributed by atoms with Gasteiger partial charge in [-0.25, -0.2) is 9.59 Å². The summed E-state index contributed by atoms with van der Waals surface area (Å²) in [5, 5.41) is 16.0. The van der Waals surface area contributed by atoms with E-state index in [1.807, 2.05) is 30.3 Å². The fourth-order valence-corrected chi connectivity index (χ4v) is 3.11. The second-order valence-electron chi connectivity index (χ2n) is 6.77. The van der Waals surface area contributed by atoms with Crippen molar-refractivity contribution < 1.29 is 29.0 Å². The monoisotopic (exact) mass is 405 g/mol. The number of alkyl carbamates (subject to hydrolysis) is 1. The normalized spacial score (nSPS) is 21.3. The molecule has 0 spiro atoms. The van der Waals surface area contributed by atoms with Crippen LogP contribution >= 0.6 is 0 Å². The lowest BCUT2D eigenvalue weighted by Gasteiger charge is -2.29. The third-order valence-corrected chi connectivity index (χ3v) is 4.68. The molecule has 9 nitrogen and oxygen atoms in total. The van der Waals surface area contributed by atoms with Crippen molar-refractivity contribution in [2.45, 2.75) is 38.3 Å². The highest BCUT2D eigenvalue weighted by Gasteiger charge is 2.44. The number of ether oxygens (including phenoxy) is 2. The minimum atomic E-state index is -1.06. The van der Waals surface area contributed by atoms with E-state index >= 15 is 0 Å². The van der Waals surface area contributed by atoms with Crippen molar-refractivity contribution in [3.63, 3.8) is 0 Å². The predicted molar refractivity (Wildman–Crippen MR) is 105 cm³/mol. The molecule has 1 aromatic rings. The standard InChI is InChI=1S/C20H27N3O6/c1-3-27-17(25)14(2)29-23-18(21)20(10-9-16(11-20)12-24)22-19(26)28-13-15-7-5-4-6-8-15/h4-8,16,24H,2-3,9-13H2,1H3,(H2,21,23)(H,22,26). The van der Waals surface area contributed by atoms with Crippen LogP contribution in [0.4, 0.5) is 4.79 Å². The molecule has 1 aliphatic carbocycles. The molecule has 4 N–H and O–H groups in total. The van der Waals surface area contributed by atoms with Crippen LogP contribution in [-0.2, 0) is 25.7 Å². The first-order chi connectivity index (χ1) is 13.9. The van der Waals surface area contributed by atoms with Crippen molar-refractivity contribution in [2.24, 2.45) is 16.8 Å². The fourth-order valence-electron chi connectivity index (χ4n) is 3.11. The van der Waals surface area contributed by atoms with Crippen LogP contribution in [0, 0.1) is 5.92 Å². The Morgan fingerprint density at radius 2 is 2.07 bits per heavy atom. The van der Waals surface area contributed by atoms with Gasteiger partial charge in [0.1, 0.15) is 12.1 Å². The van der Waals surface area contributed by atoms with E-state index in [4.69, 9.17) is 20.0 Å². The SMILES string of the molecule is C=C(ON=C(N)C1(NC(=O)OCc2ccccc2)CCC(CO)C1)C(=O)OCC. The smallest absolute Gasteiger partial charge is 0.408 e. The van der Waals surface area contributed by atoms with Gasteiger partial charge in [-0.15, -0.1) is 0 Å². The van der Waals surface area contributed by atoms with Gasteiger partial charge in [0.05, 0.1) is 6.61 Å². The van der Waals surface area contributed by atoms with Crippen molar-refractivity contribution in [1.29, 1.82) is 0 Å². The summed E-state index contributed by atoms with van der Waals surface area (Å²) < 4.78 is 10.0. The molecule has 0 radical (unpaired) electrons. The molecular weight excluding hydrogens is 378 g/mol. The molecule has 9 heteroatoms. The Morgan fingerprint density at radius 3 is 2.69 bits per heavy atom. The van der Waals surface area contributed by atoms with Crippen LogP contribution in [0.5, 0.6) is 0 Å². The van der Waals surface area contributed by atoms with Gasteiger partial charge in [-0.1, -0.05) is 35.5 Å². The zero-order valence-corrected chi connectivity index (χ0v) is 16.4. The molecule has 2 unspecified atom stereocenters. The first kappa shape index (κ1) is 22.2. The van der Waals surface area contributed by atoms with Gasteiger partial charge in [-0.05, 0) is 44.2 Å². The van der Waals surface area contributed by atoms with E-state index < -0.39 is 17.6 Å². The number of aliphatic hydroxyl groups is 1. The van der Waals surface area contributed by atoms with Crippen molar-refractivity contribution >= 4 is 17.9 Å². The Bertz CT molecular complexity index is 752. The maximum absolute atomic E-state index is 12.4. The molecule has 1 amide bonds. The first-order valence-electron chi connectivity index (χ1n) is 9.37. The number of rotatable bonds is 9. The Balaban J connectivity index is 2.05. The van der Waals surface area contributed by atoms with Gasteiger partial charge in [-0.3, -0.25) is 0 Å². The number of oxime groups is 1. The van der Waals surface area contributed by atoms with Gasteiger partial charge in [0.25, 0.3) is 0 Å². The van der Waals surface area contributed by atoms with Gasteiger partial charge in [0, 0.05) is 6.61 Å². The summed E-state index contributed by atoms with van der Waals surface area (Å²) >= 11 is 0. The van der Waals surface area contributed by atoms with Crippen LogP contribution in [-0.4, -0.2) is 41.8 Å². The number of amides is 1. The summed E-state index contributed by atoms with van der Waals surface area (Å²) in [4.78, 5) is 28.9. The number of carbonyl (C=O) groups excluding carboxylic acids is 2. The molecule has 0 aromatic heterocycles. The van der Waals surface area contributed by atoms with E-state index in [0.29, 0.717) is 19.3 Å².